The SMILES string of the molecule is Cc1cccc(Oc2ccc([C@H](C)O)cc2Br)c1C. The van der Waals surface area contributed by atoms with E-state index in [0.29, 0.717) is 0 Å². The summed E-state index contributed by atoms with van der Waals surface area (Å²) in [7, 11) is 0. The van der Waals surface area contributed by atoms with Crippen LogP contribution in [0.4, 0.5) is 0 Å². The van der Waals surface area contributed by atoms with Crippen molar-refractivity contribution in [1.29, 1.82) is 0 Å². The van der Waals surface area contributed by atoms with E-state index >= 15 is 0 Å². The first-order chi connectivity index (χ1) is 8.99. The van der Waals surface area contributed by atoms with E-state index in [4.69, 9.17) is 4.74 Å². The molecule has 2 nitrogen and oxygen atoms in total. The van der Waals surface area contributed by atoms with Crippen LogP contribution in [-0.4, -0.2) is 5.11 Å². The minimum absolute atomic E-state index is 0.481. The summed E-state index contributed by atoms with van der Waals surface area (Å²) in [5.41, 5.74) is 3.20. The lowest BCUT2D eigenvalue weighted by molar-refractivity contribution is 0.199. The number of ether oxygens (including phenoxy) is 1. The molecule has 0 aliphatic carbocycles. The van der Waals surface area contributed by atoms with E-state index in [1.165, 1.54) is 5.56 Å². The molecule has 2 aromatic carbocycles. The molecule has 100 valence electrons. The number of aliphatic hydroxyl groups excluding tert-OH is 1. The van der Waals surface area contributed by atoms with Crippen LogP contribution in [-0.2, 0) is 0 Å². The molecule has 0 heterocycles. The van der Waals surface area contributed by atoms with Gasteiger partial charge in [-0.3, -0.25) is 0 Å². The summed E-state index contributed by atoms with van der Waals surface area (Å²) in [5.74, 6) is 1.60. The Labute approximate surface area is 122 Å². The molecule has 0 saturated carbocycles. The van der Waals surface area contributed by atoms with Gasteiger partial charge in [-0.2, -0.15) is 0 Å². The van der Waals surface area contributed by atoms with Crippen LogP contribution in [0, 0.1) is 13.8 Å². The van der Waals surface area contributed by atoms with Gasteiger partial charge in [0, 0.05) is 0 Å². The number of aryl methyl sites for hydroxylation is 1. The van der Waals surface area contributed by atoms with Crippen molar-refractivity contribution >= 4 is 15.9 Å². The number of hydrogen-bond acceptors (Lipinski definition) is 2. The molecule has 0 unspecified atom stereocenters. The molecule has 0 aromatic heterocycles. The fraction of sp³-hybridized carbons (Fsp3) is 0.250. The van der Waals surface area contributed by atoms with Gasteiger partial charge < -0.3 is 9.84 Å². The molecule has 0 bridgehead atoms. The summed E-state index contributed by atoms with van der Waals surface area (Å²) < 4.78 is 6.77. The minimum Gasteiger partial charge on any atom is -0.456 e. The van der Waals surface area contributed by atoms with Crippen LogP contribution < -0.4 is 4.74 Å². The zero-order valence-electron chi connectivity index (χ0n) is 11.3. The largest absolute Gasteiger partial charge is 0.456 e. The van der Waals surface area contributed by atoms with Crippen molar-refractivity contribution in [2.24, 2.45) is 0 Å². The third kappa shape index (κ3) is 3.17. The maximum atomic E-state index is 9.55. The van der Waals surface area contributed by atoms with Crippen molar-refractivity contribution < 1.29 is 9.84 Å². The average Bonchev–Trinajstić information content (AvgIpc) is 2.37. The Kier molecular flexibility index (Phi) is 4.27. The van der Waals surface area contributed by atoms with E-state index in [2.05, 4.69) is 28.9 Å². The monoisotopic (exact) mass is 320 g/mol. The molecule has 19 heavy (non-hydrogen) atoms. The first-order valence-corrected chi connectivity index (χ1v) is 7.00. The van der Waals surface area contributed by atoms with Crippen molar-refractivity contribution in [1.82, 2.24) is 0 Å². The van der Waals surface area contributed by atoms with Crippen LogP contribution in [0.1, 0.15) is 29.7 Å². The average molecular weight is 321 g/mol. The topological polar surface area (TPSA) is 29.5 Å². The zero-order chi connectivity index (χ0) is 14.0. The van der Waals surface area contributed by atoms with Gasteiger partial charge in [0.1, 0.15) is 11.5 Å². The van der Waals surface area contributed by atoms with E-state index in [9.17, 15) is 5.11 Å². The molecule has 1 atom stereocenters. The maximum absolute atomic E-state index is 9.55. The second-order valence-corrected chi connectivity index (χ2v) is 5.52. The summed E-state index contributed by atoms with van der Waals surface area (Å²) in [6, 6.07) is 11.6. The van der Waals surface area contributed by atoms with E-state index in [1.54, 1.807) is 6.92 Å². The Balaban J connectivity index is 2.31. The van der Waals surface area contributed by atoms with Gasteiger partial charge in [-0.25, -0.2) is 0 Å². The Morgan fingerprint density at radius 3 is 2.47 bits per heavy atom. The molecule has 0 saturated heterocycles. The van der Waals surface area contributed by atoms with Crippen molar-refractivity contribution in [2.75, 3.05) is 0 Å². The lowest BCUT2D eigenvalue weighted by Gasteiger charge is -2.13. The molecule has 0 fully saturated rings. The molecule has 0 amide bonds. The fourth-order valence-corrected chi connectivity index (χ4v) is 2.29. The second-order valence-electron chi connectivity index (χ2n) is 4.67. The Morgan fingerprint density at radius 1 is 1.11 bits per heavy atom. The van der Waals surface area contributed by atoms with Gasteiger partial charge in [0.15, 0.2) is 0 Å². The highest BCUT2D eigenvalue weighted by Crippen LogP contribution is 2.33. The third-order valence-electron chi connectivity index (χ3n) is 3.21. The number of hydrogen-bond donors (Lipinski definition) is 1. The first-order valence-electron chi connectivity index (χ1n) is 6.20. The molecule has 2 rings (SSSR count). The molecule has 0 aliphatic rings. The Hall–Kier alpha value is -1.32. The van der Waals surface area contributed by atoms with E-state index in [-0.39, 0.29) is 0 Å². The number of aliphatic hydroxyl groups is 1. The number of rotatable bonds is 3. The normalized spacial score (nSPS) is 12.3. The van der Waals surface area contributed by atoms with Crippen LogP contribution in [0.15, 0.2) is 40.9 Å². The molecule has 3 heteroatoms. The summed E-state index contributed by atoms with van der Waals surface area (Å²) in [4.78, 5) is 0. The third-order valence-corrected chi connectivity index (χ3v) is 3.83. The van der Waals surface area contributed by atoms with Crippen LogP contribution in [0.5, 0.6) is 11.5 Å². The van der Waals surface area contributed by atoms with Crippen molar-refractivity contribution in [2.45, 2.75) is 26.9 Å². The molecule has 0 radical (unpaired) electrons. The van der Waals surface area contributed by atoms with E-state index in [1.807, 2.05) is 37.3 Å². The second kappa shape index (κ2) is 5.76. The van der Waals surface area contributed by atoms with E-state index < -0.39 is 6.10 Å². The van der Waals surface area contributed by atoms with Crippen LogP contribution in [0.3, 0.4) is 0 Å². The van der Waals surface area contributed by atoms with Gasteiger partial charge in [-0.1, -0.05) is 18.2 Å². The van der Waals surface area contributed by atoms with Crippen molar-refractivity contribution in [3.63, 3.8) is 0 Å². The predicted octanol–water partition coefficient (Wildman–Crippen LogP) is 4.91. The highest BCUT2D eigenvalue weighted by molar-refractivity contribution is 9.10. The van der Waals surface area contributed by atoms with E-state index in [0.717, 1.165) is 27.1 Å². The Morgan fingerprint density at radius 2 is 1.84 bits per heavy atom. The summed E-state index contributed by atoms with van der Waals surface area (Å²) >= 11 is 3.48. The van der Waals surface area contributed by atoms with Gasteiger partial charge >= 0.3 is 0 Å². The standard InChI is InChI=1S/C16H17BrO2/c1-10-5-4-6-15(11(10)2)19-16-8-7-13(12(3)18)9-14(16)17/h4-9,12,18H,1-3H3/t12-/m0/s1. The van der Waals surface area contributed by atoms with Gasteiger partial charge in [0.05, 0.1) is 10.6 Å². The van der Waals surface area contributed by atoms with Crippen molar-refractivity contribution in [3.05, 3.63) is 57.6 Å². The summed E-state index contributed by atoms with van der Waals surface area (Å²) in [6.45, 7) is 5.85. The summed E-state index contributed by atoms with van der Waals surface area (Å²) in [6.07, 6.45) is -0.481. The number of benzene rings is 2. The molecule has 0 spiro atoms. The van der Waals surface area contributed by atoms with Crippen molar-refractivity contribution in [3.8, 4) is 11.5 Å². The lowest BCUT2D eigenvalue weighted by Crippen LogP contribution is -1.94. The zero-order valence-corrected chi connectivity index (χ0v) is 12.9. The van der Waals surface area contributed by atoms with Gasteiger partial charge in [-0.05, 0) is 71.6 Å². The summed E-state index contributed by atoms with van der Waals surface area (Å²) in [5, 5.41) is 9.55. The van der Waals surface area contributed by atoms with Gasteiger partial charge in [0.25, 0.3) is 0 Å². The minimum atomic E-state index is -0.481. The van der Waals surface area contributed by atoms with Gasteiger partial charge in [0.2, 0.25) is 0 Å². The molecular weight excluding hydrogens is 304 g/mol. The molecule has 0 aliphatic heterocycles. The quantitative estimate of drug-likeness (QED) is 0.870. The molecule has 1 N–H and O–H groups in total. The highest BCUT2D eigenvalue weighted by atomic mass is 79.9. The maximum Gasteiger partial charge on any atom is 0.141 e. The lowest BCUT2D eigenvalue weighted by atomic mass is 10.1. The van der Waals surface area contributed by atoms with Crippen LogP contribution in [0.25, 0.3) is 0 Å². The highest BCUT2D eigenvalue weighted by Gasteiger charge is 2.09. The number of halogens is 1. The van der Waals surface area contributed by atoms with Crippen LogP contribution in [0.2, 0.25) is 0 Å². The Bertz CT molecular complexity index is 591. The van der Waals surface area contributed by atoms with Crippen LogP contribution >= 0.6 is 15.9 Å². The predicted molar refractivity (Wildman–Crippen MR) is 80.8 cm³/mol. The smallest absolute Gasteiger partial charge is 0.141 e. The molecular formula is C16H17BrO2. The fourth-order valence-electron chi connectivity index (χ4n) is 1.81. The van der Waals surface area contributed by atoms with Gasteiger partial charge in [-0.15, -0.1) is 0 Å². The molecule has 2 aromatic rings. The first kappa shape index (κ1) is 14.1.